The van der Waals surface area contributed by atoms with Crippen molar-refractivity contribution in [3.63, 3.8) is 0 Å². The van der Waals surface area contributed by atoms with Crippen LogP contribution in [0.25, 0.3) is 16.6 Å². The Balaban J connectivity index is 1.28. The van der Waals surface area contributed by atoms with E-state index in [0.29, 0.717) is 24.8 Å². The molecular weight excluding hydrogens is 437 g/mol. The number of morpholine rings is 1. The number of aryl methyl sites for hydroxylation is 2. The molecule has 0 amide bonds. The third kappa shape index (κ3) is 3.63. The van der Waals surface area contributed by atoms with E-state index in [4.69, 9.17) is 15.2 Å². The molecule has 176 valence electrons. The van der Waals surface area contributed by atoms with Gasteiger partial charge in [0.05, 0.1) is 37.0 Å². The van der Waals surface area contributed by atoms with Gasteiger partial charge < -0.3 is 20.1 Å². The van der Waals surface area contributed by atoms with Crippen LogP contribution < -0.4 is 15.4 Å². The molecule has 2 fully saturated rings. The third-order valence-electron chi connectivity index (χ3n) is 6.64. The summed E-state index contributed by atoms with van der Waals surface area (Å²) in [7, 11) is 1.61. The van der Waals surface area contributed by atoms with Crippen LogP contribution in [-0.2, 0) is 11.8 Å². The number of aromatic nitrogens is 5. The van der Waals surface area contributed by atoms with Gasteiger partial charge >= 0.3 is 0 Å². The minimum atomic E-state index is -0.348. The smallest absolute Gasteiger partial charge is 0.213 e. The van der Waals surface area contributed by atoms with Crippen molar-refractivity contribution in [2.75, 3.05) is 23.8 Å². The molecule has 2 N–H and O–H groups in total. The number of nitrogen functional groups attached to an aromatic ring is 1. The van der Waals surface area contributed by atoms with Crippen molar-refractivity contribution in [3.05, 3.63) is 54.4 Å². The zero-order valence-corrected chi connectivity index (χ0v) is 19.1. The zero-order chi connectivity index (χ0) is 23.4. The maximum atomic E-state index is 14.0. The topological polar surface area (TPSA) is 95.7 Å². The first kappa shape index (κ1) is 20.9. The van der Waals surface area contributed by atoms with Crippen molar-refractivity contribution in [1.82, 2.24) is 24.4 Å². The van der Waals surface area contributed by atoms with Crippen LogP contribution in [0.3, 0.4) is 0 Å². The van der Waals surface area contributed by atoms with E-state index in [1.807, 2.05) is 37.4 Å². The number of piperidine rings is 1. The van der Waals surface area contributed by atoms with E-state index in [1.165, 1.54) is 10.7 Å². The first-order valence-electron chi connectivity index (χ1n) is 11.4. The molecule has 10 heteroatoms. The van der Waals surface area contributed by atoms with Crippen LogP contribution >= 0.6 is 0 Å². The number of fused-ring (bicyclic) bond motifs is 3. The predicted octanol–water partition coefficient (Wildman–Crippen LogP) is 2.97. The van der Waals surface area contributed by atoms with Crippen molar-refractivity contribution in [2.45, 2.75) is 38.0 Å². The molecule has 0 saturated carbocycles. The monoisotopic (exact) mass is 463 g/mol. The molecular formula is C24H26FN7O2. The average molecular weight is 464 g/mol. The second kappa shape index (κ2) is 7.98. The third-order valence-corrected chi connectivity index (χ3v) is 6.64. The molecule has 0 aromatic carbocycles. The Bertz CT molecular complexity index is 1330. The van der Waals surface area contributed by atoms with E-state index in [1.54, 1.807) is 17.8 Å². The Morgan fingerprint density at radius 1 is 1.12 bits per heavy atom. The van der Waals surface area contributed by atoms with Crippen LogP contribution in [0, 0.1) is 12.9 Å². The van der Waals surface area contributed by atoms with E-state index >= 15 is 0 Å². The molecule has 2 aliphatic heterocycles. The maximum Gasteiger partial charge on any atom is 0.213 e. The van der Waals surface area contributed by atoms with Crippen molar-refractivity contribution >= 4 is 17.2 Å². The predicted molar refractivity (Wildman–Crippen MR) is 125 cm³/mol. The fourth-order valence-corrected chi connectivity index (χ4v) is 5.12. The Kier molecular flexibility index (Phi) is 4.91. The number of nitrogens with two attached hydrogens (primary N) is 1. The summed E-state index contributed by atoms with van der Waals surface area (Å²) in [5.41, 5.74) is 9.67. The fourth-order valence-electron chi connectivity index (χ4n) is 5.12. The van der Waals surface area contributed by atoms with Crippen LogP contribution in [0.1, 0.15) is 18.5 Å². The Labute approximate surface area is 195 Å². The minimum absolute atomic E-state index is 0.0127. The molecule has 2 atom stereocenters. The number of nitrogens with zero attached hydrogens (tertiary/aromatic N) is 6. The van der Waals surface area contributed by atoms with E-state index in [0.717, 1.165) is 40.9 Å². The largest absolute Gasteiger partial charge is 0.488 e. The summed E-state index contributed by atoms with van der Waals surface area (Å²) in [6.45, 7) is 3.09. The molecule has 4 aromatic rings. The zero-order valence-electron chi connectivity index (χ0n) is 19.1. The SMILES string of the molecule is Cc1cc(-c2ccn3nc(N)cc3c2)c(OC2CC3COCC(C2)N3c2cc(F)n(C)n2)cn1. The van der Waals surface area contributed by atoms with Gasteiger partial charge in [-0.3, -0.25) is 4.98 Å². The van der Waals surface area contributed by atoms with Gasteiger partial charge in [0.25, 0.3) is 0 Å². The average Bonchev–Trinajstić information content (AvgIpc) is 3.34. The summed E-state index contributed by atoms with van der Waals surface area (Å²) in [4.78, 5) is 6.69. The van der Waals surface area contributed by atoms with Crippen LogP contribution in [0.5, 0.6) is 5.75 Å². The molecule has 0 spiro atoms. The van der Waals surface area contributed by atoms with Gasteiger partial charge in [0, 0.05) is 49.5 Å². The molecule has 6 rings (SSSR count). The summed E-state index contributed by atoms with van der Waals surface area (Å²) >= 11 is 0. The number of hydrogen-bond acceptors (Lipinski definition) is 7. The van der Waals surface area contributed by atoms with Crippen molar-refractivity contribution < 1.29 is 13.9 Å². The van der Waals surface area contributed by atoms with E-state index in [-0.39, 0.29) is 24.1 Å². The van der Waals surface area contributed by atoms with Crippen molar-refractivity contribution in [3.8, 4) is 16.9 Å². The number of rotatable bonds is 4. The maximum absolute atomic E-state index is 14.0. The highest BCUT2D eigenvalue weighted by Gasteiger charge is 2.41. The molecule has 2 aliphatic rings. The molecule has 34 heavy (non-hydrogen) atoms. The molecule has 0 radical (unpaired) electrons. The second-order valence-electron chi connectivity index (χ2n) is 9.09. The molecule has 6 heterocycles. The number of ether oxygens (including phenoxy) is 2. The van der Waals surface area contributed by atoms with Gasteiger partial charge in [-0.15, -0.1) is 0 Å². The van der Waals surface area contributed by atoms with Crippen LogP contribution in [0.15, 0.2) is 42.7 Å². The highest BCUT2D eigenvalue weighted by atomic mass is 19.1. The van der Waals surface area contributed by atoms with Crippen LogP contribution in [-0.4, -0.2) is 55.8 Å². The highest BCUT2D eigenvalue weighted by Crippen LogP contribution is 2.37. The minimum Gasteiger partial charge on any atom is -0.488 e. The van der Waals surface area contributed by atoms with Gasteiger partial charge in [-0.05, 0) is 30.7 Å². The van der Waals surface area contributed by atoms with Gasteiger partial charge in [0.1, 0.15) is 17.7 Å². The molecule has 9 nitrogen and oxygen atoms in total. The molecule has 4 aromatic heterocycles. The van der Waals surface area contributed by atoms with E-state index in [9.17, 15) is 4.39 Å². The van der Waals surface area contributed by atoms with Crippen LogP contribution in [0.2, 0.25) is 0 Å². The molecule has 0 aliphatic carbocycles. The van der Waals surface area contributed by atoms with Crippen LogP contribution in [0.4, 0.5) is 16.0 Å². The highest BCUT2D eigenvalue weighted by molar-refractivity contribution is 5.74. The van der Waals surface area contributed by atoms with Gasteiger partial charge in [-0.1, -0.05) is 0 Å². The lowest BCUT2D eigenvalue weighted by molar-refractivity contribution is 0.00843. The summed E-state index contributed by atoms with van der Waals surface area (Å²) < 4.78 is 29.4. The Morgan fingerprint density at radius 2 is 1.91 bits per heavy atom. The molecule has 2 bridgehead atoms. The molecule has 2 unspecified atom stereocenters. The van der Waals surface area contributed by atoms with Gasteiger partial charge in [0.2, 0.25) is 5.95 Å². The first-order chi connectivity index (χ1) is 16.4. The quantitative estimate of drug-likeness (QED) is 0.497. The number of anilines is 2. The number of halogens is 1. The van der Waals surface area contributed by atoms with E-state index in [2.05, 4.69) is 20.1 Å². The number of hydrogen-bond donors (Lipinski definition) is 1. The first-order valence-corrected chi connectivity index (χ1v) is 11.4. The lowest BCUT2D eigenvalue weighted by Gasteiger charge is -2.48. The summed E-state index contributed by atoms with van der Waals surface area (Å²) in [5.74, 6) is 1.53. The summed E-state index contributed by atoms with van der Waals surface area (Å²) in [6.07, 6.45) is 5.18. The van der Waals surface area contributed by atoms with Gasteiger partial charge in [-0.25, -0.2) is 9.20 Å². The Hall–Kier alpha value is -3.66. The second-order valence-corrected chi connectivity index (χ2v) is 9.09. The normalized spacial score (nSPS) is 22.3. The van der Waals surface area contributed by atoms with Gasteiger partial charge in [0.15, 0.2) is 5.82 Å². The summed E-state index contributed by atoms with van der Waals surface area (Å²) in [6, 6.07) is 9.56. The van der Waals surface area contributed by atoms with E-state index < -0.39 is 0 Å². The Morgan fingerprint density at radius 3 is 2.65 bits per heavy atom. The molecule has 2 saturated heterocycles. The lowest BCUT2D eigenvalue weighted by atomic mass is 9.91. The number of pyridine rings is 2. The van der Waals surface area contributed by atoms with Gasteiger partial charge in [-0.2, -0.15) is 14.6 Å². The van der Waals surface area contributed by atoms with Crippen molar-refractivity contribution in [2.24, 2.45) is 7.05 Å². The fraction of sp³-hybridized carbons (Fsp3) is 0.375. The standard InChI is InChI=1S/C24H26FN7O2/c1-14-5-20(15-3-4-31-16(6-15)9-23(26)28-31)21(11-27-14)34-19-7-17-12-33-13-18(8-19)32(17)24-10-22(25)30(2)29-24/h3-6,9-11,17-19H,7-8,12-13H2,1-2H3,(H2,26,28). The van der Waals surface area contributed by atoms with Crippen molar-refractivity contribution in [1.29, 1.82) is 0 Å². The lowest BCUT2D eigenvalue weighted by Crippen LogP contribution is -2.59. The summed E-state index contributed by atoms with van der Waals surface area (Å²) in [5, 5.41) is 8.62.